The van der Waals surface area contributed by atoms with Crippen LogP contribution in [0.15, 0.2) is 24.3 Å². The summed E-state index contributed by atoms with van der Waals surface area (Å²) in [6, 6.07) is 7.97. The van der Waals surface area contributed by atoms with Gasteiger partial charge in [-0.25, -0.2) is 9.97 Å². The molecule has 3 rings (SSSR count). The predicted molar refractivity (Wildman–Crippen MR) is 80.6 cm³/mol. The molecule has 0 saturated heterocycles. The summed E-state index contributed by atoms with van der Waals surface area (Å²) in [4.78, 5) is 8.41. The van der Waals surface area contributed by atoms with Crippen molar-refractivity contribution in [1.29, 1.82) is 0 Å². The van der Waals surface area contributed by atoms with E-state index in [4.69, 9.17) is 15.2 Å². The zero-order chi connectivity index (χ0) is 14.8. The number of aromatic nitrogens is 2. The van der Waals surface area contributed by atoms with Crippen molar-refractivity contribution in [2.24, 2.45) is 5.92 Å². The quantitative estimate of drug-likeness (QED) is 0.936. The Hall–Kier alpha value is -2.30. The molecule has 1 aliphatic heterocycles. The smallest absolute Gasteiger partial charge is 0.220 e. The predicted octanol–water partition coefficient (Wildman–Crippen LogP) is 2.17. The highest BCUT2D eigenvalue weighted by atomic mass is 16.5. The van der Waals surface area contributed by atoms with Gasteiger partial charge in [0.25, 0.3) is 0 Å². The van der Waals surface area contributed by atoms with Crippen LogP contribution in [0.5, 0.6) is 11.5 Å². The lowest BCUT2D eigenvalue weighted by Crippen LogP contribution is -2.23. The van der Waals surface area contributed by atoms with Gasteiger partial charge in [0.05, 0.1) is 13.7 Å². The Labute approximate surface area is 124 Å². The molecule has 0 aliphatic carbocycles. The molecule has 2 heterocycles. The number of anilines is 1. The highest BCUT2D eigenvalue weighted by molar-refractivity contribution is 5.42. The third-order valence-electron chi connectivity index (χ3n) is 3.68. The number of rotatable bonds is 3. The summed E-state index contributed by atoms with van der Waals surface area (Å²) in [6.07, 6.45) is 1.82. The number of nitrogens with zero attached hydrogens (tertiary/aromatic N) is 2. The Kier molecular flexibility index (Phi) is 3.64. The first-order chi connectivity index (χ1) is 10.1. The number of fused-ring (bicyclic) bond motifs is 1. The van der Waals surface area contributed by atoms with Crippen LogP contribution >= 0.6 is 0 Å². The monoisotopic (exact) mass is 285 g/mol. The number of nitrogens with two attached hydrogens (primary N) is 1. The number of aryl methyl sites for hydroxylation is 1. The van der Waals surface area contributed by atoms with Crippen LogP contribution in [0, 0.1) is 12.8 Å². The normalized spacial score (nSPS) is 17.0. The molecule has 21 heavy (non-hydrogen) atoms. The third-order valence-corrected chi connectivity index (χ3v) is 3.68. The summed E-state index contributed by atoms with van der Waals surface area (Å²) in [5, 5.41) is 0. The fourth-order valence-corrected chi connectivity index (χ4v) is 2.73. The molecule has 1 aliphatic rings. The summed E-state index contributed by atoms with van der Waals surface area (Å²) in [6.45, 7) is 2.61. The highest BCUT2D eigenvalue weighted by Crippen LogP contribution is 2.32. The molecule has 1 aromatic heterocycles. The van der Waals surface area contributed by atoms with E-state index >= 15 is 0 Å². The molecule has 5 heteroatoms. The Morgan fingerprint density at radius 1 is 1.33 bits per heavy atom. The van der Waals surface area contributed by atoms with E-state index in [2.05, 4.69) is 16.0 Å². The molecule has 2 aromatic rings. The summed E-state index contributed by atoms with van der Waals surface area (Å²) >= 11 is 0. The van der Waals surface area contributed by atoms with Crippen molar-refractivity contribution in [2.75, 3.05) is 19.5 Å². The van der Waals surface area contributed by atoms with Gasteiger partial charge in [0.15, 0.2) is 0 Å². The van der Waals surface area contributed by atoms with Gasteiger partial charge in [-0.1, -0.05) is 6.07 Å². The van der Waals surface area contributed by atoms with Crippen LogP contribution in [0.25, 0.3) is 0 Å². The minimum atomic E-state index is 0.340. The largest absolute Gasteiger partial charge is 0.497 e. The van der Waals surface area contributed by atoms with E-state index < -0.39 is 0 Å². The van der Waals surface area contributed by atoms with Gasteiger partial charge in [-0.2, -0.15) is 0 Å². The van der Waals surface area contributed by atoms with Crippen LogP contribution in [-0.4, -0.2) is 23.7 Å². The summed E-state index contributed by atoms with van der Waals surface area (Å²) in [5.41, 5.74) is 8.80. The summed E-state index contributed by atoms with van der Waals surface area (Å²) < 4.78 is 11.1. The van der Waals surface area contributed by atoms with Gasteiger partial charge in [-0.3, -0.25) is 0 Å². The molecular weight excluding hydrogens is 266 g/mol. The Balaban J connectivity index is 1.74. The Morgan fingerprint density at radius 2 is 2.19 bits per heavy atom. The van der Waals surface area contributed by atoms with Crippen molar-refractivity contribution in [2.45, 2.75) is 19.8 Å². The van der Waals surface area contributed by atoms with Gasteiger partial charge >= 0.3 is 0 Å². The fourth-order valence-electron chi connectivity index (χ4n) is 2.73. The Morgan fingerprint density at radius 3 is 2.95 bits per heavy atom. The second-order valence-electron chi connectivity index (χ2n) is 5.42. The van der Waals surface area contributed by atoms with Gasteiger partial charge in [0.1, 0.15) is 11.5 Å². The molecule has 0 saturated carbocycles. The lowest BCUT2D eigenvalue weighted by Gasteiger charge is -2.25. The topological polar surface area (TPSA) is 70.3 Å². The van der Waals surface area contributed by atoms with Crippen molar-refractivity contribution in [3.63, 3.8) is 0 Å². The maximum atomic E-state index is 5.86. The molecule has 0 spiro atoms. The van der Waals surface area contributed by atoms with Crippen molar-refractivity contribution in [3.8, 4) is 11.5 Å². The second-order valence-corrected chi connectivity index (χ2v) is 5.42. The molecule has 2 N–H and O–H groups in total. The van der Waals surface area contributed by atoms with Crippen LogP contribution < -0.4 is 15.2 Å². The van der Waals surface area contributed by atoms with Crippen LogP contribution in [0.4, 0.5) is 5.95 Å². The number of nitrogen functional groups attached to an aromatic ring is 1. The maximum absolute atomic E-state index is 5.86. The van der Waals surface area contributed by atoms with Gasteiger partial charge in [0.2, 0.25) is 5.95 Å². The number of hydrogen-bond donors (Lipinski definition) is 1. The van der Waals surface area contributed by atoms with Gasteiger partial charge in [0, 0.05) is 23.4 Å². The van der Waals surface area contributed by atoms with Crippen LogP contribution in [-0.2, 0) is 12.8 Å². The van der Waals surface area contributed by atoms with Crippen molar-refractivity contribution < 1.29 is 9.47 Å². The van der Waals surface area contributed by atoms with Crippen LogP contribution in [0.2, 0.25) is 0 Å². The average molecular weight is 285 g/mol. The minimum absolute atomic E-state index is 0.340. The number of ether oxygens (including phenoxy) is 2. The van der Waals surface area contributed by atoms with E-state index in [1.165, 1.54) is 5.56 Å². The zero-order valence-electron chi connectivity index (χ0n) is 12.3. The molecule has 0 amide bonds. The zero-order valence-corrected chi connectivity index (χ0v) is 12.3. The second kappa shape index (κ2) is 5.60. The number of hydrogen-bond acceptors (Lipinski definition) is 5. The van der Waals surface area contributed by atoms with E-state index in [-0.39, 0.29) is 0 Å². The first-order valence-corrected chi connectivity index (χ1v) is 7.04. The first-order valence-electron chi connectivity index (χ1n) is 7.04. The maximum Gasteiger partial charge on any atom is 0.220 e. The summed E-state index contributed by atoms with van der Waals surface area (Å²) in [5.74, 6) is 2.49. The van der Waals surface area contributed by atoms with E-state index in [1.807, 2.05) is 25.1 Å². The standard InChI is InChI=1S/C16H19N3O2/c1-10-5-13(19-16(17)18-10)7-11-6-12-3-4-14(20-2)8-15(12)21-9-11/h3-5,8,11H,6-7,9H2,1-2H3,(H2,17,18,19)/t11-/m0/s1. The molecular formula is C16H19N3O2. The molecule has 0 unspecified atom stereocenters. The third kappa shape index (κ3) is 3.07. The van der Waals surface area contributed by atoms with Crippen LogP contribution in [0.1, 0.15) is 17.0 Å². The lowest BCUT2D eigenvalue weighted by molar-refractivity contribution is 0.219. The first kappa shape index (κ1) is 13.7. The Bertz CT molecular complexity index is 638. The van der Waals surface area contributed by atoms with E-state index in [0.29, 0.717) is 18.5 Å². The molecule has 0 radical (unpaired) electrons. The number of methoxy groups -OCH3 is 1. The molecule has 5 nitrogen and oxygen atoms in total. The average Bonchev–Trinajstić information content (AvgIpc) is 2.45. The summed E-state index contributed by atoms with van der Waals surface area (Å²) in [7, 11) is 1.66. The number of benzene rings is 1. The van der Waals surface area contributed by atoms with Gasteiger partial charge in [-0.05, 0) is 37.5 Å². The SMILES string of the molecule is COc1ccc2c(c1)OC[C@H](Cc1cc(C)nc(N)n1)C2. The highest BCUT2D eigenvalue weighted by Gasteiger charge is 2.21. The van der Waals surface area contributed by atoms with Gasteiger partial charge in [-0.15, -0.1) is 0 Å². The van der Waals surface area contributed by atoms with Crippen LogP contribution in [0.3, 0.4) is 0 Å². The molecule has 1 atom stereocenters. The van der Waals surface area contributed by atoms with Crippen molar-refractivity contribution >= 4 is 5.95 Å². The molecule has 1 aromatic carbocycles. The van der Waals surface area contributed by atoms with Gasteiger partial charge < -0.3 is 15.2 Å². The lowest BCUT2D eigenvalue weighted by atomic mass is 9.92. The van der Waals surface area contributed by atoms with E-state index in [1.54, 1.807) is 7.11 Å². The molecule has 110 valence electrons. The van der Waals surface area contributed by atoms with E-state index in [0.717, 1.165) is 35.7 Å². The van der Waals surface area contributed by atoms with E-state index in [9.17, 15) is 0 Å². The molecule has 0 bridgehead atoms. The fraction of sp³-hybridized carbons (Fsp3) is 0.375. The minimum Gasteiger partial charge on any atom is -0.497 e. The molecule has 0 fully saturated rings. The van der Waals surface area contributed by atoms with Crippen molar-refractivity contribution in [1.82, 2.24) is 9.97 Å². The van der Waals surface area contributed by atoms with Crippen molar-refractivity contribution in [3.05, 3.63) is 41.2 Å².